The van der Waals surface area contributed by atoms with Crippen LogP contribution >= 0.6 is 0 Å². The Morgan fingerprint density at radius 1 is 1.11 bits per heavy atom. The normalized spacial score (nSPS) is 33.2. The first-order valence-corrected chi connectivity index (χ1v) is 7.32. The highest BCUT2D eigenvalue weighted by Crippen LogP contribution is 2.31. The van der Waals surface area contributed by atoms with Gasteiger partial charge < -0.3 is 16.4 Å². The van der Waals surface area contributed by atoms with E-state index < -0.39 is 0 Å². The molecule has 0 aromatic heterocycles. The van der Waals surface area contributed by atoms with Crippen LogP contribution in [0.2, 0.25) is 0 Å². The fraction of sp³-hybridized carbons (Fsp3) is 0.857. The summed E-state index contributed by atoms with van der Waals surface area (Å²) in [6, 6.07) is 0.160. The monoisotopic (exact) mass is 267 g/mol. The van der Waals surface area contributed by atoms with E-state index in [1.54, 1.807) is 0 Å². The van der Waals surface area contributed by atoms with E-state index in [-0.39, 0.29) is 29.7 Å². The molecule has 3 unspecified atom stereocenters. The van der Waals surface area contributed by atoms with Gasteiger partial charge in [-0.05, 0) is 38.0 Å². The summed E-state index contributed by atoms with van der Waals surface area (Å²) in [4.78, 5) is 25.6. The van der Waals surface area contributed by atoms with Gasteiger partial charge >= 0.3 is 0 Å². The molecule has 4 N–H and O–H groups in total. The van der Waals surface area contributed by atoms with E-state index in [1.165, 1.54) is 0 Å². The Hall–Kier alpha value is -1.10. The number of nitrogens with two attached hydrogens (primary N) is 2. The average Bonchev–Trinajstić information content (AvgIpc) is 2.41. The van der Waals surface area contributed by atoms with Crippen molar-refractivity contribution in [2.75, 3.05) is 13.1 Å². The molecule has 0 radical (unpaired) electrons. The minimum Gasteiger partial charge on any atom is -0.369 e. The van der Waals surface area contributed by atoms with Crippen molar-refractivity contribution in [3.63, 3.8) is 0 Å². The van der Waals surface area contributed by atoms with Gasteiger partial charge in [0.25, 0.3) is 0 Å². The molecule has 19 heavy (non-hydrogen) atoms. The van der Waals surface area contributed by atoms with E-state index in [0.717, 1.165) is 19.3 Å². The van der Waals surface area contributed by atoms with E-state index in [9.17, 15) is 9.59 Å². The molecule has 2 amide bonds. The summed E-state index contributed by atoms with van der Waals surface area (Å²) in [6.45, 7) is 3.46. The van der Waals surface area contributed by atoms with Gasteiger partial charge in [0.2, 0.25) is 11.8 Å². The maximum Gasteiger partial charge on any atom is 0.226 e. The highest BCUT2D eigenvalue weighted by molar-refractivity contribution is 5.80. The molecule has 5 heteroatoms. The van der Waals surface area contributed by atoms with E-state index in [1.807, 2.05) is 4.90 Å². The van der Waals surface area contributed by atoms with E-state index in [4.69, 9.17) is 11.5 Å². The number of nitrogens with zero attached hydrogens (tertiary/aromatic N) is 1. The number of hydrogen-bond acceptors (Lipinski definition) is 3. The van der Waals surface area contributed by atoms with Gasteiger partial charge in [0, 0.05) is 31.0 Å². The third-order valence-electron chi connectivity index (χ3n) is 4.76. The number of carbonyl (C=O) groups is 2. The Kier molecular flexibility index (Phi) is 4.45. The predicted octanol–water partition coefficient (Wildman–Crippen LogP) is 0.474. The van der Waals surface area contributed by atoms with Crippen molar-refractivity contribution in [3.8, 4) is 0 Å². The molecule has 1 aliphatic heterocycles. The Bertz CT molecular complexity index is 351. The maximum absolute atomic E-state index is 12.5. The summed E-state index contributed by atoms with van der Waals surface area (Å²) < 4.78 is 0. The number of hydrogen-bond donors (Lipinski definition) is 2. The minimum absolute atomic E-state index is 0.0601. The molecule has 2 rings (SSSR count). The fourth-order valence-electron chi connectivity index (χ4n) is 3.32. The summed E-state index contributed by atoms with van der Waals surface area (Å²) in [6.07, 6.45) is 4.27. The number of rotatable bonds is 2. The minimum atomic E-state index is -0.236. The first-order chi connectivity index (χ1) is 8.99. The zero-order chi connectivity index (χ0) is 14.0. The second-order valence-corrected chi connectivity index (χ2v) is 6.16. The number of likely N-dealkylation sites (tertiary alicyclic amines) is 1. The summed E-state index contributed by atoms with van der Waals surface area (Å²) in [7, 11) is 0. The van der Waals surface area contributed by atoms with Crippen molar-refractivity contribution >= 4 is 11.8 Å². The molecular weight excluding hydrogens is 242 g/mol. The van der Waals surface area contributed by atoms with E-state index >= 15 is 0 Å². The third-order valence-corrected chi connectivity index (χ3v) is 4.76. The van der Waals surface area contributed by atoms with Crippen LogP contribution < -0.4 is 11.5 Å². The van der Waals surface area contributed by atoms with Crippen LogP contribution in [0, 0.1) is 17.8 Å². The smallest absolute Gasteiger partial charge is 0.226 e. The molecule has 0 aromatic rings. The van der Waals surface area contributed by atoms with Crippen LogP contribution in [0.5, 0.6) is 0 Å². The molecule has 1 heterocycles. The van der Waals surface area contributed by atoms with Crippen LogP contribution in [-0.4, -0.2) is 35.8 Å². The lowest BCUT2D eigenvalue weighted by Crippen LogP contribution is -2.47. The lowest BCUT2D eigenvalue weighted by molar-refractivity contribution is -0.141. The summed E-state index contributed by atoms with van der Waals surface area (Å²) in [5.74, 6) is 0.413. The predicted molar refractivity (Wildman–Crippen MR) is 73.0 cm³/mol. The molecule has 108 valence electrons. The van der Waals surface area contributed by atoms with Crippen molar-refractivity contribution in [1.29, 1.82) is 0 Å². The molecular formula is C14H25N3O2. The van der Waals surface area contributed by atoms with Gasteiger partial charge in [0.1, 0.15) is 0 Å². The topological polar surface area (TPSA) is 89.4 Å². The van der Waals surface area contributed by atoms with Crippen molar-refractivity contribution in [3.05, 3.63) is 0 Å². The number of amides is 2. The van der Waals surface area contributed by atoms with Gasteiger partial charge in [-0.1, -0.05) is 6.92 Å². The highest BCUT2D eigenvalue weighted by Gasteiger charge is 2.35. The zero-order valence-corrected chi connectivity index (χ0v) is 11.7. The van der Waals surface area contributed by atoms with Crippen LogP contribution in [0.25, 0.3) is 0 Å². The Morgan fingerprint density at radius 2 is 1.74 bits per heavy atom. The second kappa shape index (κ2) is 5.90. The van der Waals surface area contributed by atoms with Gasteiger partial charge in [0.15, 0.2) is 0 Å². The maximum atomic E-state index is 12.5. The van der Waals surface area contributed by atoms with Gasteiger partial charge in [-0.2, -0.15) is 0 Å². The zero-order valence-electron chi connectivity index (χ0n) is 11.7. The highest BCUT2D eigenvalue weighted by atomic mass is 16.2. The van der Waals surface area contributed by atoms with E-state index in [0.29, 0.717) is 31.8 Å². The Balaban J connectivity index is 1.91. The molecule has 5 nitrogen and oxygen atoms in total. The van der Waals surface area contributed by atoms with Crippen LogP contribution in [0.3, 0.4) is 0 Å². The largest absolute Gasteiger partial charge is 0.369 e. The van der Waals surface area contributed by atoms with Crippen molar-refractivity contribution in [2.45, 2.75) is 45.1 Å². The number of primary amides is 1. The first-order valence-electron chi connectivity index (χ1n) is 7.32. The molecule has 0 spiro atoms. The standard InChI is InChI=1S/C14H25N3O2/c1-9-2-3-11(15)8-12(9)14(19)17-6-4-10(5-7-17)13(16)18/h9-12H,2-8,15H2,1H3,(H2,16,18). The summed E-state index contributed by atoms with van der Waals surface area (Å²) in [5, 5.41) is 0. The molecule has 0 bridgehead atoms. The summed E-state index contributed by atoms with van der Waals surface area (Å²) >= 11 is 0. The molecule has 1 saturated carbocycles. The summed E-state index contributed by atoms with van der Waals surface area (Å²) in [5.41, 5.74) is 11.3. The van der Waals surface area contributed by atoms with Gasteiger partial charge in [-0.15, -0.1) is 0 Å². The lowest BCUT2D eigenvalue weighted by atomic mass is 9.77. The van der Waals surface area contributed by atoms with Crippen molar-refractivity contribution in [1.82, 2.24) is 4.90 Å². The number of piperidine rings is 1. The fourth-order valence-corrected chi connectivity index (χ4v) is 3.32. The Morgan fingerprint density at radius 3 is 2.32 bits per heavy atom. The van der Waals surface area contributed by atoms with Gasteiger partial charge in [-0.25, -0.2) is 0 Å². The van der Waals surface area contributed by atoms with Crippen molar-refractivity contribution in [2.24, 2.45) is 29.2 Å². The second-order valence-electron chi connectivity index (χ2n) is 6.16. The van der Waals surface area contributed by atoms with Crippen LogP contribution in [0.1, 0.15) is 39.0 Å². The molecule has 0 aromatic carbocycles. The van der Waals surface area contributed by atoms with Crippen LogP contribution in [-0.2, 0) is 9.59 Å². The Labute approximate surface area is 114 Å². The molecule has 2 aliphatic rings. The van der Waals surface area contributed by atoms with Gasteiger partial charge in [0.05, 0.1) is 0 Å². The van der Waals surface area contributed by atoms with Crippen molar-refractivity contribution < 1.29 is 9.59 Å². The third kappa shape index (κ3) is 3.26. The molecule has 1 aliphatic carbocycles. The average molecular weight is 267 g/mol. The quantitative estimate of drug-likeness (QED) is 0.762. The van der Waals surface area contributed by atoms with Crippen LogP contribution in [0.15, 0.2) is 0 Å². The first kappa shape index (κ1) is 14.3. The number of carbonyl (C=O) groups excluding carboxylic acids is 2. The van der Waals surface area contributed by atoms with Gasteiger partial charge in [-0.3, -0.25) is 9.59 Å². The van der Waals surface area contributed by atoms with Crippen LogP contribution in [0.4, 0.5) is 0 Å². The molecule has 1 saturated heterocycles. The molecule has 2 fully saturated rings. The lowest BCUT2D eigenvalue weighted by Gasteiger charge is -2.38. The SMILES string of the molecule is CC1CCC(N)CC1C(=O)N1CCC(C(N)=O)CC1. The van der Waals surface area contributed by atoms with E-state index in [2.05, 4.69) is 6.92 Å². The molecule has 3 atom stereocenters.